The fourth-order valence-electron chi connectivity index (χ4n) is 1.54. The lowest BCUT2D eigenvalue weighted by molar-refractivity contribution is 0.221. The van der Waals surface area contributed by atoms with Gasteiger partial charge in [0, 0.05) is 17.4 Å². The molecule has 1 heterocycles. The van der Waals surface area contributed by atoms with Gasteiger partial charge in [0.15, 0.2) is 0 Å². The number of nitrogen functional groups attached to an aromatic ring is 2. The number of benzene rings is 1. The molecule has 2 rings (SSSR count). The third-order valence-corrected chi connectivity index (χ3v) is 2.67. The summed E-state index contributed by atoms with van der Waals surface area (Å²) in [4.78, 5) is 3.90. The smallest absolute Gasteiger partial charge is 0.129 e. The number of hydrogen-bond acceptors (Lipinski definition) is 4. The molecule has 1 unspecified atom stereocenters. The number of nitrogens with two attached hydrogens (primary N) is 2. The van der Waals surface area contributed by atoms with E-state index in [0.717, 1.165) is 0 Å². The molecule has 0 radical (unpaired) electrons. The highest BCUT2D eigenvalue weighted by atomic mass is 35.5. The Morgan fingerprint density at radius 2 is 1.82 bits per heavy atom. The summed E-state index contributed by atoms with van der Waals surface area (Å²) >= 11 is 5.82. The first-order valence-corrected chi connectivity index (χ1v) is 5.40. The zero-order valence-electron chi connectivity index (χ0n) is 8.97. The van der Waals surface area contributed by atoms with Crippen LogP contribution in [0.1, 0.15) is 17.2 Å². The standard InChI is InChI=1S/C12H12ClN3O/c13-8-5-10(12(15)16-6-8)11(17)7-1-3-9(14)4-2-7/h1-6,11,17H,14H2,(H2,15,16). The van der Waals surface area contributed by atoms with Gasteiger partial charge >= 0.3 is 0 Å². The molecule has 2 aromatic rings. The van der Waals surface area contributed by atoms with Gasteiger partial charge in [-0.05, 0) is 23.8 Å². The maximum Gasteiger partial charge on any atom is 0.129 e. The van der Waals surface area contributed by atoms with Crippen LogP contribution in [0.15, 0.2) is 36.5 Å². The maximum absolute atomic E-state index is 10.2. The van der Waals surface area contributed by atoms with E-state index in [1.807, 2.05) is 0 Å². The van der Waals surface area contributed by atoms with Crippen molar-refractivity contribution in [3.63, 3.8) is 0 Å². The van der Waals surface area contributed by atoms with E-state index in [2.05, 4.69) is 4.98 Å². The number of aromatic nitrogens is 1. The Bertz CT molecular complexity index is 528. The highest BCUT2D eigenvalue weighted by Gasteiger charge is 2.14. The molecule has 1 aromatic heterocycles. The molecule has 0 bridgehead atoms. The molecular formula is C12H12ClN3O. The van der Waals surface area contributed by atoms with Gasteiger partial charge in [0.1, 0.15) is 11.9 Å². The normalized spacial score (nSPS) is 12.4. The van der Waals surface area contributed by atoms with Crippen LogP contribution in [-0.2, 0) is 0 Å². The Morgan fingerprint density at radius 1 is 1.18 bits per heavy atom. The van der Waals surface area contributed by atoms with Crippen molar-refractivity contribution >= 4 is 23.1 Å². The van der Waals surface area contributed by atoms with Gasteiger partial charge in [-0.15, -0.1) is 0 Å². The van der Waals surface area contributed by atoms with Crippen LogP contribution in [0, 0.1) is 0 Å². The molecule has 5 N–H and O–H groups in total. The molecule has 0 aliphatic rings. The van der Waals surface area contributed by atoms with E-state index in [1.54, 1.807) is 30.3 Å². The summed E-state index contributed by atoms with van der Waals surface area (Å²) in [5.74, 6) is 0.263. The average molecular weight is 250 g/mol. The van der Waals surface area contributed by atoms with Crippen molar-refractivity contribution in [2.45, 2.75) is 6.10 Å². The van der Waals surface area contributed by atoms with Crippen LogP contribution in [0.2, 0.25) is 5.02 Å². The van der Waals surface area contributed by atoms with Crippen molar-refractivity contribution in [2.75, 3.05) is 11.5 Å². The van der Waals surface area contributed by atoms with Crippen LogP contribution in [0.5, 0.6) is 0 Å². The summed E-state index contributed by atoms with van der Waals surface area (Å²) in [7, 11) is 0. The van der Waals surface area contributed by atoms with Gasteiger partial charge in [-0.25, -0.2) is 4.98 Å². The first-order chi connectivity index (χ1) is 8.08. The third-order valence-electron chi connectivity index (χ3n) is 2.46. The van der Waals surface area contributed by atoms with Gasteiger partial charge < -0.3 is 16.6 Å². The van der Waals surface area contributed by atoms with E-state index < -0.39 is 6.10 Å². The molecule has 17 heavy (non-hydrogen) atoms. The molecule has 0 saturated heterocycles. The van der Waals surface area contributed by atoms with E-state index in [9.17, 15) is 5.11 Å². The molecule has 4 nitrogen and oxygen atoms in total. The molecule has 0 fully saturated rings. The van der Waals surface area contributed by atoms with E-state index >= 15 is 0 Å². The minimum absolute atomic E-state index is 0.263. The molecule has 0 saturated carbocycles. The summed E-state index contributed by atoms with van der Waals surface area (Å²) in [6.45, 7) is 0. The van der Waals surface area contributed by atoms with Crippen molar-refractivity contribution in [1.82, 2.24) is 4.98 Å². The van der Waals surface area contributed by atoms with Crippen molar-refractivity contribution in [2.24, 2.45) is 0 Å². The number of pyridine rings is 1. The predicted octanol–water partition coefficient (Wildman–Crippen LogP) is 1.98. The molecule has 0 amide bonds. The summed E-state index contributed by atoms with van der Waals surface area (Å²) < 4.78 is 0. The van der Waals surface area contributed by atoms with E-state index in [4.69, 9.17) is 23.1 Å². The summed E-state index contributed by atoms with van der Waals surface area (Å²) in [6, 6.07) is 8.51. The van der Waals surface area contributed by atoms with Gasteiger partial charge in [-0.2, -0.15) is 0 Å². The number of anilines is 2. The Balaban J connectivity index is 2.39. The third kappa shape index (κ3) is 2.49. The Morgan fingerprint density at radius 3 is 2.47 bits per heavy atom. The SMILES string of the molecule is Nc1ccc(C(O)c2cc(Cl)cnc2N)cc1. The highest BCUT2D eigenvalue weighted by molar-refractivity contribution is 6.30. The summed E-state index contributed by atoms with van der Waals surface area (Å²) in [6.07, 6.45) is 0.581. The first kappa shape index (κ1) is 11.7. The number of halogens is 1. The molecule has 5 heteroatoms. The Labute approximate surface area is 104 Å². The minimum Gasteiger partial charge on any atom is -0.399 e. The van der Waals surface area contributed by atoms with Crippen LogP contribution < -0.4 is 11.5 Å². The molecule has 88 valence electrons. The quantitative estimate of drug-likeness (QED) is 0.711. The fraction of sp³-hybridized carbons (Fsp3) is 0.0833. The lowest BCUT2D eigenvalue weighted by atomic mass is 10.0. The van der Waals surface area contributed by atoms with E-state index in [0.29, 0.717) is 21.8 Å². The number of nitrogens with zero attached hydrogens (tertiary/aromatic N) is 1. The number of hydrogen-bond donors (Lipinski definition) is 3. The molecule has 0 aliphatic heterocycles. The van der Waals surface area contributed by atoms with Crippen LogP contribution in [0.25, 0.3) is 0 Å². The Hall–Kier alpha value is -1.78. The van der Waals surface area contributed by atoms with Gasteiger partial charge in [0.05, 0.1) is 5.02 Å². The minimum atomic E-state index is -0.859. The van der Waals surface area contributed by atoms with E-state index in [-0.39, 0.29) is 5.82 Å². The second-order valence-corrected chi connectivity index (χ2v) is 4.13. The zero-order chi connectivity index (χ0) is 12.4. The van der Waals surface area contributed by atoms with Crippen molar-refractivity contribution < 1.29 is 5.11 Å². The van der Waals surface area contributed by atoms with Gasteiger partial charge in [0.25, 0.3) is 0 Å². The van der Waals surface area contributed by atoms with Gasteiger partial charge in [0.2, 0.25) is 0 Å². The largest absolute Gasteiger partial charge is 0.399 e. The number of aliphatic hydroxyl groups excluding tert-OH is 1. The van der Waals surface area contributed by atoms with Crippen LogP contribution in [0.4, 0.5) is 11.5 Å². The van der Waals surface area contributed by atoms with Crippen LogP contribution in [0.3, 0.4) is 0 Å². The number of rotatable bonds is 2. The maximum atomic E-state index is 10.2. The Kier molecular flexibility index (Phi) is 3.17. The monoisotopic (exact) mass is 249 g/mol. The molecule has 0 spiro atoms. The van der Waals surface area contributed by atoms with Crippen molar-refractivity contribution in [1.29, 1.82) is 0 Å². The van der Waals surface area contributed by atoms with Gasteiger partial charge in [-0.1, -0.05) is 23.7 Å². The van der Waals surface area contributed by atoms with Crippen molar-refractivity contribution in [3.8, 4) is 0 Å². The zero-order valence-corrected chi connectivity index (χ0v) is 9.72. The lowest BCUT2D eigenvalue weighted by Crippen LogP contribution is -2.05. The lowest BCUT2D eigenvalue weighted by Gasteiger charge is -2.13. The molecule has 0 aliphatic carbocycles. The highest BCUT2D eigenvalue weighted by Crippen LogP contribution is 2.27. The fourth-order valence-corrected chi connectivity index (χ4v) is 1.71. The second-order valence-electron chi connectivity index (χ2n) is 3.70. The average Bonchev–Trinajstić information content (AvgIpc) is 2.32. The predicted molar refractivity (Wildman–Crippen MR) is 68.6 cm³/mol. The molecule has 1 atom stereocenters. The molecular weight excluding hydrogens is 238 g/mol. The topological polar surface area (TPSA) is 85.2 Å². The van der Waals surface area contributed by atoms with Crippen molar-refractivity contribution in [3.05, 3.63) is 52.7 Å². The van der Waals surface area contributed by atoms with Gasteiger partial charge in [-0.3, -0.25) is 0 Å². The summed E-state index contributed by atoms with van der Waals surface area (Å²) in [5.41, 5.74) is 13.1. The summed E-state index contributed by atoms with van der Waals surface area (Å²) in [5, 5.41) is 10.6. The first-order valence-electron chi connectivity index (χ1n) is 5.02. The molecule has 1 aromatic carbocycles. The van der Waals surface area contributed by atoms with Crippen LogP contribution >= 0.6 is 11.6 Å². The number of aliphatic hydroxyl groups is 1. The second kappa shape index (κ2) is 4.61. The van der Waals surface area contributed by atoms with Crippen LogP contribution in [-0.4, -0.2) is 10.1 Å². The van der Waals surface area contributed by atoms with E-state index in [1.165, 1.54) is 6.20 Å².